The number of piperazine rings is 1. The van der Waals surface area contributed by atoms with Crippen molar-refractivity contribution < 1.29 is 18.0 Å². The highest BCUT2D eigenvalue weighted by molar-refractivity contribution is 14.1. The Bertz CT molecular complexity index is 723. The van der Waals surface area contributed by atoms with E-state index < -0.39 is 11.7 Å². The number of thiazole rings is 1. The normalized spacial score (nSPS) is 21.8. The fourth-order valence-corrected chi connectivity index (χ4v) is 4.27. The quantitative estimate of drug-likeness (QED) is 0.322. The van der Waals surface area contributed by atoms with Gasteiger partial charge in [-0.25, -0.2) is 4.98 Å². The van der Waals surface area contributed by atoms with Crippen LogP contribution in [0, 0.1) is 0 Å². The molecule has 3 rings (SSSR count). The summed E-state index contributed by atoms with van der Waals surface area (Å²) in [5.74, 6) is 0. The maximum absolute atomic E-state index is 13.2. The third kappa shape index (κ3) is 3.72. The van der Waals surface area contributed by atoms with E-state index in [1.807, 2.05) is 10.3 Å². The Morgan fingerprint density at radius 1 is 1.38 bits per heavy atom. The molecule has 0 saturated carbocycles. The lowest BCUT2D eigenvalue weighted by Crippen LogP contribution is -2.49. The Labute approximate surface area is 154 Å². The van der Waals surface area contributed by atoms with Crippen molar-refractivity contribution in [2.45, 2.75) is 16.3 Å². The number of benzene rings is 1. The van der Waals surface area contributed by atoms with Gasteiger partial charge < -0.3 is 4.90 Å². The molecule has 128 valence electrons. The number of nitrogens with one attached hydrogen (secondary N) is 1. The van der Waals surface area contributed by atoms with Crippen molar-refractivity contribution in [3.63, 3.8) is 0 Å². The lowest BCUT2D eigenvalue weighted by atomic mass is 10.1. The minimum atomic E-state index is -4.56. The molecule has 0 radical (unpaired) electrons. The van der Waals surface area contributed by atoms with Crippen LogP contribution in [0.5, 0.6) is 0 Å². The van der Waals surface area contributed by atoms with Gasteiger partial charge in [-0.15, -0.1) is 11.3 Å². The standard InChI is InChI=1S/C15H13F3IN3OS/c16-15(17,18)11-5-10(2-1-9(11)8-23)22-6-12(21-13(19)7-22)14-20-3-4-24-14/h1-5,8,12-13,21H,6-7H2. The number of anilines is 1. The van der Waals surface area contributed by atoms with Crippen molar-refractivity contribution in [2.75, 3.05) is 18.0 Å². The average molecular weight is 467 g/mol. The van der Waals surface area contributed by atoms with E-state index in [4.69, 9.17) is 0 Å². The lowest BCUT2D eigenvalue weighted by molar-refractivity contribution is -0.137. The van der Waals surface area contributed by atoms with Crippen LogP contribution in [0.15, 0.2) is 29.8 Å². The zero-order valence-electron chi connectivity index (χ0n) is 12.3. The van der Waals surface area contributed by atoms with Crippen molar-refractivity contribution in [1.82, 2.24) is 10.3 Å². The zero-order valence-corrected chi connectivity index (χ0v) is 15.2. The number of nitrogens with zero attached hydrogens (tertiary/aromatic N) is 2. The van der Waals surface area contributed by atoms with Gasteiger partial charge in [-0.3, -0.25) is 10.1 Å². The molecule has 0 aliphatic carbocycles. The number of rotatable bonds is 3. The molecular weight excluding hydrogens is 454 g/mol. The summed E-state index contributed by atoms with van der Waals surface area (Å²) in [4.78, 5) is 17.1. The van der Waals surface area contributed by atoms with Gasteiger partial charge in [-0.1, -0.05) is 22.6 Å². The number of aromatic nitrogens is 1. The molecule has 1 N–H and O–H groups in total. The van der Waals surface area contributed by atoms with Gasteiger partial charge >= 0.3 is 6.18 Å². The summed E-state index contributed by atoms with van der Waals surface area (Å²) in [6.07, 6.45) is -2.61. The second-order valence-electron chi connectivity index (χ2n) is 5.35. The Morgan fingerprint density at radius 2 is 2.17 bits per heavy atom. The van der Waals surface area contributed by atoms with E-state index in [1.165, 1.54) is 17.4 Å². The van der Waals surface area contributed by atoms with Gasteiger partial charge in [0.25, 0.3) is 0 Å². The summed E-state index contributed by atoms with van der Waals surface area (Å²) in [5, 5.41) is 6.18. The van der Waals surface area contributed by atoms with E-state index >= 15 is 0 Å². The fraction of sp³-hybridized carbons (Fsp3) is 0.333. The molecule has 1 aliphatic heterocycles. The Balaban J connectivity index is 1.91. The summed E-state index contributed by atoms with van der Waals surface area (Å²) >= 11 is 3.74. The topological polar surface area (TPSA) is 45.2 Å². The highest BCUT2D eigenvalue weighted by Gasteiger charge is 2.35. The van der Waals surface area contributed by atoms with Crippen LogP contribution in [0.4, 0.5) is 18.9 Å². The second-order valence-corrected chi connectivity index (χ2v) is 7.78. The van der Waals surface area contributed by atoms with Gasteiger partial charge in [0.05, 0.1) is 15.7 Å². The number of hydrogen-bond acceptors (Lipinski definition) is 5. The molecular formula is C15H13F3IN3OS. The molecule has 24 heavy (non-hydrogen) atoms. The molecule has 2 heterocycles. The van der Waals surface area contributed by atoms with Crippen LogP contribution in [0.25, 0.3) is 0 Å². The van der Waals surface area contributed by atoms with Crippen molar-refractivity contribution in [1.29, 1.82) is 0 Å². The first-order valence-electron chi connectivity index (χ1n) is 7.09. The SMILES string of the molecule is O=Cc1ccc(N2CC(I)NC(c3nccs3)C2)cc1C(F)(F)F. The zero-order chi connectivity index (χ0) is 17.3. The number of hydrogen-bond donors (Lipinski definition) is 1. The van der Waals surface area contributed by atoms with Gasteiger partial charge in [0.15, 0.2) is 6.29 Å². The Kier molecular flexibility index (Phi) is 5.11. The van der Waals surface area contributed by atoms with Crippen molar-refractivity contribution in [3.05, 3.63) is 45.9 Å². The maximum Gasteiger partial charge on any atom is 0.417 e. The lowest BCUT2D eigenvalue weighted by Gasteiger charge is -2.37. The Morgan fingerprint density at radius 3 is 2.79 bits per heavy atom. The minimum Gasteiger partial charge on any atom is -0.367 e. The first-order chi connectivity index (χ1) is 11.4. The molecule has 2 atom stereocenters. The fourth-order valence-electron chi connectivity index (χ4n) is 2.67. The number of carbonyl (C=O) groups excluding carboxylic acids is 1. The molecule has 0 spiro atoms. The van der Waals surface area contributed by atoms with Gasteiger partial charge in [0, 0.05) is 35.9 Å². The molecule has 0 amide bonds. The highest BCUT2D eigenvalue weighted by atomic mass is 127. The van der Waals surface area contributed by atoms with E-state index in [-0.39, 0.29) is 21.9 Å². The van der Waals surface area contributed by atoms with E-state index in [2.05, 4.69) is 32.9 Å². The molecule has 2 unspecified atom stereocenters. The van der Waals surface area contributed by atoms with Crippen LogP contribution in [-0.2, 0) is 6.18 Å². The second kappa shape index (κ2) is 6.96. The summed E-state index contributed by atoms with van der Waals surface area (Å²) in [7, 11) is 0. The van der Waals surface area contributed by atoms with Gasteiger partial charge in [-0.05, 0) is 18.2 Å². The third-order valence-electron chi connectivity index (χ3n) is 3.75. The van der Waals surface area contributed by atoms with E-state index in [0.717, 1.165) is 11.1 Å². The maximum atomic E-state index is 13.2. The average Bonchev–Trinajstić information content (AvgIpc) is 3.07. The van der Waals surface area contributed by atoms with E-state index in [9.17, 15) is 18.0 Å². The summed E-state index contributed by atoms with van der Waals surface area (Å²) < 4.78 is 39.6. The molecule has 2 aromatic rings. The van der Waals surface area contributed by atoms with E-state index in [0.29, 0.717) is 18.8 Å². The van der Waals surface area contributed by atoms with Crippen LogP contribution in [0.1, 0.15) is 27.0 Å². The van der Waals surface area contributed by atoms with Gasteiger partial charge in [0.1, 0.15) is 5.01 Å². The van der Waals surface area contributed by atoms with Crippen LogP contribution < -0.4 is 10.2 Å². The van der Waals surface area contributed by atoms with Crippen molar-refractivity contribution in [3.8, 4) is 0 Å². The molecule has 1 fully saturated rings. The Hall–Kier alpha value is -1.20. The number of halogens is 4. The minimum absolute atomic E-state index is 0.0410. The molecule has 1 saturated heterocycles. The number of carbonyl (C=O) groups is 1. The summed E-state index contributed by atoms with van der Waals surface area (Å²) in [6.45, 7) is 1.09. The van der Waals surface area contributed by atoms with Crippen LogP contribution >= 0.6 is 33.9 Å². The predicted molar refractivity (Wildman–Crippen MR) is 94.8 cm³/mol. The van der Waals surface area contributed by atoms with Gasteiger partial charge in [0.2, 0.25) is 0 Å². The smallest absolute Gasteiger partial charge is 0.367 e. The largest absolute Gasteiger partial charge is 0.417 e. The number of aldehydes is 1. The number of alkyl halides is 4. The molecule has 9 heteroatoms. The van der Waals surface area contributed by atoms with Crippen molar-refractivity contribution in [2.24, 2.45) is 0 Å². The molecule has 1 aromatic heterocycles. The van der Waals surface area contributed by atoms with E-state index in [1.54, 1.807) is 12.3 Å². The third-order valence-corrected chi connectivity index (χ3v) is 5.39. The van der Waals surface area contributed by atoms with Crippen LogP contribution in [0.2, 0.25) is 0 Å². The molecule has 1 aliphatic rings. The summed E-state index contributed by atoms with van der Waals surface area (Å²) in [6, 6.07) is 3.80. The molecule has 1 aromatic carbocycles. The monoisotopic (exact) mass is 467 g/mol. The predicted octanol–water partition coefficient (Wildman–Crippen LogP) is 3.89. The van der Waals surface area contributed by atoms with Crippen LogP contribution in [0.3, 0.4) is 0 Å². The highest BCUT2D eigenvalue weighted by Crippen LogP contribution is 2.35. The van der Waals surface area contributed by atoms with Crippen LogP contribution in [-0.4, -0.2) is 28.4 Å². The van der Waals surface area contributed by atoms with Gasteiger partial charge in [-0.2, -0.15) is 13.2 Å². The first-order valence-corrected chi connectivity index (χ1v) is 9.22. The molecule has 0 bridgehead atoms. The summed E-state index contributed by atoms with van der Waals surface area (Å²) in [5.41, 5.74) is -0.786. The first kappa shape index (κ1) is 17.6. The van der Waals surface area contributed by atoms with Crippen molar-refractivity contribution >= 4 is 45.9 Å². The molecule has 4 nitrogen and oxygen atoms in total.